The molecule has 2 aromatic carbocycles. The maximum atomic E-state index is 12.0. The second-order valence-corrected chi connectivity index (χ2v) is 8.34. The number of hydrazone groups is 1. The Labute approximate surface area is 186 Å². The van der Waals surface area contributed by atoms with Crippen LogP contribution in [0.4, 0.5) is 5.69 Å². The first-order valence-electron chi connectivity index (χ1n) is 8.71. The monoisotopic (exact) mass is 550 g/mol. The molecule has 0 bridgehead atoms. The van der Waals surface area contributed by atoms with Crippen molar-refractivity contribution < 1.29 is 4.79 Å². The first-order chi connectivity index (χ1) is 13.5. The number of nitrogens with zero attached hydrogens (tertiary/aromatic N) is 2. The third kappa shape index (κ3) is 5.02. The van der Waals surface area contributed by atoms with Crippen LogP contribution in [-0.2, 0) is 4.79 Å². The summed E-state index contributed by atoms with van der Waals surface area (Å²) < 4.78 is 4.37. The summed E-state index contributed by atoms with van der Waals surface area (Å²) >= 11 is 5.72. The van der Waals surface area contributed by atoms with Gasteiger partial charge in [-0.1, -0.05) is 28.1 Å². The van der Waals surface area contributed by atoms with Gasteiger partial charge in [-0.15, -0.1) is 0 Å². The van der Waals surface area contributed by atoms with Gasteiger partial charge in [-0.2, -0.15) is 5.10 Å². The van der Waals surface area contributed by atoms with Gasteiger partial charge in [0.05, 0.1) is 18.4 Å². The quantitative estimate of drug-likeness (QED) is 0.257. The molecule has 0 saturated heterocycles. The molecule has 0 fully saturated rings. The standard InChI is InChI=1S/C21H20BrIN4O/c1-14-11-16(15(2)27(14)20-6-4-3-5-19(20)23)12-25-26-21(28)13-24-18-9-7-17(22)8-10-18/h3-12,24H,13H2,1-2H3,(H,26,28)/b25-12-. The summed E-state index contributed by atoms with van der Waals surface area (Å²) in [7, 11) is 0. The van der Waals surface area contributed by atoms with Crippen molar-refractivity contribution in [1.82, 2.24) is 9.99 Å². The molecule has 0 spiro atoms. The first kappa shape index (κ1) is 20.6. The Morgan fingerprint density at radius 3 is 2.61 bits per heavy atom. The van der Waals surface area contributed by atoms with Crippen LogP contribution in [0.25, 0.3) is 5.69 Å². The molecule has 28 heavy (non-hydrogen) atoms. The molecule has 0 radical (unpaired) electrons. The third-order valence-electron chi connectivity index (χ3n) is 4.25. The van der Waals surface area contributed by atoms with E-state index in [9.17, 15) is 4.79 Å². The van der Waals surface area contributed by atoms with Gasteiger partial charge in [0.1, 0.15) is 0 Å². The first-order valence-corrected chi connectivity index (χ1v) is 10.6. The number of amides is 1. The van der Waals surface area contributed by atoms with Crippen molar-refractivity contribution in [2.75, 3.05) is 11.9 Å². The van der Waals surface area contributed by atoms with Crippen molar-refractivity contribution in [3.63, 3.8) is 0 Å². The van der Waals surface area contributed by atoms with E-state index in [4.69, 9.17) is 0 Å². The lowest BCUT2D eigenvalue weighted by atomic mass is 10.2. The lowest BCUT2D eigenvalue weighted by Gasteiger charge is -2.11. The minimum atomic E-state index is -0.203. The molecule has 0 saturated carbocycles. The van der Waals surface area contributed by atoms with Crippen LogP contribution in [0.2, 0.25) is 0 Å². The molecule has 1 amide bonds. The summed E-state index contributed by atoms with van der Waals surface area (Å²) in [5.74, 6) is -0.203. The topological polar surface area (TPSA) is 58.4 Å². The molecule has 0 aliphatic rings. The largest absolute Gasteiger partial charge is 0.376 e. The fourth-order valence-electron chi connectivity index (χ4n) is 2.89. The highest BCUT2D eigenvalue weighted by molar-refractivity contribution is 14.1. The van der Waals surface area contributed by atoms with Gasteiger partial charge in [0.2, 0.25) is 0 Å². The molecule has 1 aromatic heterocycles. The molecule has 2 N–H and O–H groups in total. The van der Waals surface area contributed by atoms with Gasteiger partial charge in [-0.05, 0) is 78.9 Å². The average Bonchev–Trinajstić information content (AvgIpc) is 2.95. The zero-order valence-corrected chi connectivity index (χ0v) is 19.3. The van der Waals surface area contributed by atoms with Gasteiger partial charge < -0.3 is 9.88 Å². The van der Waals surface area contributed by atoms with Crippen molar-refractivity contribution in [3.8, 4) is 5.69 Å². The smallest absolute Gasteiger partial charge is 0.259 e. The van der Waals surface area contributed by atoms with Crippen LogP contribution in [0.3, 0.4) is 0 Å². The third-order valence-corrected chi connectivity index (χ3v) is 5.69. The number of carbonyl (C=O) groups is 1. The predicted molar refractivity (Wildman–Crippen MR) is 126 cm³/mol. The van der Waals surface area contributed by atoms with Crippen molar-refractivity contribution in [2.45, 2.75) is 13.8 Å². The average molecular weight is 551 g/mol. The molecule has 0 atom stereocenters. The van der Waals surface area contributed by atoms with Crippen LogP contribution in [0.15, 0.2) is 64.2 Å². The van der Waals surface area contributed by atoms with E-state index in [-0.39, 0.29) is 12.5 Å². The number of aromatic nitrogens is 1. The van der Waals surface area contributed by atoms with Crippen molar-refractivity contribution >= 4 is 56.3 Å². The van der Waals surface area contributed by atoms with E-state index in [1.54, 1.807) is 6.21 Å². The van der Waals surface area contributed by atoms with E-state index >= 15 is 0 Å². The number of carbonyl (C=O) groups excluding carboxylic acids is 1. The maximum Gasteiger partial charge on any atom is 0.259 e. The molecule has 144 valence electrons. The lowest BCUT2D eigenvalue weighted by Crippen LogP contribution is -2.25. The summed E-state index contributed by atoms with van der Waals surface area (Å²) in [5.41, 5.74) is 7.75. The summed E-state index contributed by atoms with van der Waals surface area (Å²) in [6, 6.07) is 17.9. The molecule has 0 aliphatic heterocycles. The lowest BCUT2D eigenvalue weighted by molar-refractivity contribution is -0.119. The Morgan fingerprint density at radius 1 is 1.18 bits per heavy atom. The highest BCUT2D eigenvalue weighted by Gasteiger charge is 2.11. The fraction of sp³-hybridized carbons (Fsp3) is 0.143. The second kappa shape index (κ2) is 9.38. The van der Waals surface area contributed by atoms with Crippen LogP contribution in [0.1, 0.15) is 17.0 Å². The zero-order valence-electron chi connectivity index (χ0n) is 15.5. The Hall–Kier alpha value is -2.13. The zero-order chi connectivity index (χ0) is 20.1. The van der Waals surface area contributed by atoms with Gasteiger partial charge in [0, 0.05) is 30.7 Å². The van der Waals surface area contributed by atoms with Crippen LogP contribution in [-0.4, -0.2) is 23.2 Å². The minimum absolute atomic E-state index is 0.153. The molecular weight excluding hydrogens is 531 g/mol. The number of hydrogen-bond donors (Lipinski definition) is 2. The maximum absolute atomic E-state index is 12.0. The Bertz CT molecular complexity index is 1010. The molecule has 1 heterocycles. The van der Waals surface area contributed by atoms with Gasteiger partial charge in [-0.25, -0.2) is 5.43 Å². The number of aryl methyl sites for hydroxylation is 1. The number of benzene rings is 2. The Balaban J connectivity index is 1.63. The van der Waals surface area contributed by atoms with Gasteiger partial charge >= 0.3 is 0 Å². The van der Waals surface area contributed by atoms with E-state index < -0.39 is 0 Å². The Morgan fingerprint density at radius 2 is 1.89 bits per heavy atom. The normalized spacial score (nSPS) is 11.0. The van der Waals surface area contributed by atoms with Crippen molar-refractivity contribution in [1.29, 1.82) is 0 Å². The molecule has 7 heteroatoms. The number of halogens is 2. The number of nitrogens with one attached hydrogen (secondary N) is 2. The van der Waals surface area contributed by atoms with Gasteiger partial charge in [-0.3, -0.25) is 4.79 Å². The molecule has 3 rings (SSSR count). The number of anilines is 1. The number of para-hydroxylation sites is 1. The summed E-state index contributed by atoms with van der Waals surface area (Å²) in [5, 5.41) is 7.17. The molecule has 5 nitrogen and oxygen atoms in total. The molecule has 0 unspecified atom stereocenters. The molecular formula is C21H20BrIN4O. The van der Waals surface area contributed by atoms with Crippen LogP contribution >= 0.6 is 38.5 Å². The Kier molecular flexibility index (Phi) is 6.90. The van der Waals surface area contributed by atoms with Crippen LogP contribution in [0, 0.1) is 17.4 Å². The highest BCUT2D eigenvalue weighted by Crippen LogP contribution is 2.23. The number of hydrogen-bond acceptors (Lipinski definition) is 3. The van der Waals surface area contributed by atoms with E-state index in [1.165, 1.54) is 3.57 Å². The summed E-state index contributed by atoms with van der Waals surface area (Å²) in [4.78, 5) is 12.0. The van der Waals surface area contributed by atoms with Crippen LogP contribution < -0.4 is 10.7 Å². The van der Waals surface area contributed by atoms with Crippen molar-refractivity contribution in [2.24, 2.45) is 5.10 Å². The predicted octanol–water partition coefficient (Wildman–Crippen LogP) is 5.02. The SMILES string of the molecule is Cc1cc(/C=N\NC(=O)CNc2ccc(Br)cc2)c(C)n1-c1ccccc1I. The van der Waals surface area contributed by atoms with E-state index in [0.29, 0.717) is 0 Å². The highest BCUT2D eigenvalue weighted by atomic mass is 127. The van der Waals surface area contributed by atoms with E-state index in [0.717, 1.165) is 32.8 Å². The fourth-order valence-corrected chi connectivity index (χ4v) is 3.78. The number of rotatable bonds is 6. The van der Waals surface area contributed by atoms with Crippen LogP contribution in [0.5, 0.6) is 0 Å². The molecule has 0 aliphatic carbocycles. The summed E-state index contributed by atoms with van der Waals surface area (Å²) in [6.07, 6.45) is 1.69. The van der Waals surface area contributed by atoms with Gasteiger partial charge in [0.15, 0.2) is 0 Å². The second-order valence-electron chi connectivity index (χ2n) is 6.27. The molecule has 3 aromatic rings. The van der Waals surface area contributed by atoms with Crippen molar-refractivity contribution in [3.05, 3.63) is 79.6 Å². The van der Waals surface area contributed by atoms with E-state index in [2.05, 4.69) is 84.1 Å². The van der Waals surface area contributed by atoms with Gasteiger partial charge in [0.25, 0.3) is 5.91 Å². The summed E-state index contributed by atoms with van der Waals surface area (Å²) in [6.45, 7) is 4.27. The van der Waals surface area contributed by atoms with E-state index in [1.807, 2.05) is 43.3 Å². The minimum Gasteiger partial charge on any atom is -0.376 e.